The first kappa shape index (κ1) is 64.1. The highest BCUT2D eigenvalue weighted by molar-refractivity contribution is 9.11. The zero-order chi connectivity index (χ0) is 69.6. The zero-order valence-corrected chi connectivity index (χ0v) is 59.6. The number of para-hydroxylation sites is 4. The van der Waals surface area contributed by atoms with E-state index < -0.39 is 7.12 Å². The number of thiophene rings is 2. The molecule has 0 radical (unpaired) electrons. The Morgan fingerprint density at radius 3 is 0.856 bits per heavy atom. The molecule has 0 saturated heterocycles. The molecule has 0 unspecified atom stereocenters. The van der Waals surface area contributed by atoms with E-state index in [1.54, 1.807) is 12.1 Å². The number of benzene rings is 16. The first-order chi connectivity index (χ1) is 51.4. The summed E-state index contributed by atoms with van der Waals surface area (Å²) in [5.41, 5.74) is 23.8. The smallest absolute Gasteiger partial charge is 0.423 e. The number of fused-ring (bicyclic) bond motifs is 12. The first-order valence-electron chi connectivity index (χ1n) is 35.0. The van der Waals surface area contributed by atoms with E-state index in [9.17, 15) is 10.0 Å². The van der Waals surface area contributed by atoms with E-state index in [1.807, 2.05) is 59.1 Å². The van der Waals surface area contributed by atoms with Crippen LogP contribution < -0.4 is 5.46 Å². The molecule has 8 heteroatoms. The van der Waals surface area contributed by atoms with E-state index in [0.29, 0.717) is 5.46 Å². The summed E-state index contributed by atoms with van der Waals surface area (Å²) in [7, 11) is -1.44. The van der Waals surface area contributed by atoms with Gasteiger partial charge in [-0.2, -0.15) is 0 Å². The Morgan fingerprint density at radius 1 is 0.231 bits per heavy atom. The molecule has 0 aliphatic heterocycles. The van der Waals surface area contributed by atoms with Crippen molar-refractivity contribution in [2.45, 2.75) is 0 Å². The summed E-state index contributed by atoms with van der Waals surface area (Å²) >= 11 is 7.69. The molecule has 0 spiro atoms. The second kappa shape index (κ2) is 27.8. The zero-order valence-electron chi connectivity index (χ0n) is 56.4. The third-order valence-corrected chi connectivity index (χ3v) is 23.2. The van der Waals surface area contributed by atoms with Gasteiger partial charge >= 0.3 is 7.12 Å². The SMILES string of the molecule is Brc1sc2c(-c3ccccc3)c(-c3ccccc3)c3ccccc3c2c1-c1ccccc1.OB(O)c1ccc(-n2c3ccccc3c3ccccc32)cc1.c1ccc(-c2c(-c3ccccc3)c3sc(-c4ccc(-n5c6ccccc6c6ccccc65)cc4)c(-c4ccccc4)c3c3ccccc23)cc1. The van der Waals surface area contributed by atoms with E-state index in [0.717, 1.165) is 22.4 Å². The maximum Gasteiger partial charge on any atom is 0.488 e. The van der Waals surface area contributed by atoms with Crippen molar-refractivity contribution in [3.05, 3.63) is 380 Å². The highest BCUT2D eigenvalue weighted by atomic mass is 79.9. The largest absolute Gasteiger partial charge is 0.488 e. The number of aromatic nitrogens is 2. The molecule has 0 atom stereocenters. The van der Waals surface area contributed by atoms with Crippen molar-refractivity contribution in [2.24, 2.45) is 0 Å². The molecular formula is C96H64BBrN2O2S2. The first-order valence-corrected chi connectivity index (χ1v) is 37.4. The Labute approximate surface area is 619 Å². The topological polar surface area (TPSA) is 50.3 Å². The Kier molecular flexibility index (Phi) is 17.1. The van der Waals surface area contributed by atoms with Gasteiger partial charge in [-0.1, -0.05) is 328 Å². The Morgan fingerprint density at radius 2 is 0.500 bits per heavy atom. The minimum atomic E-state index is -1.44. The molecule has 0 bridgehead atoms. The normalized spacial score (nSPS) is 11.4. The molecule has 16 aromatic carbocycles. The van der Waals surface area contributed by atoms with Crippen LogP contribution in [0.3, 0.4) is 0 Å². The van der Waals surface area contributed by atoms with Crippen LogP contribution in [-0.2, 0) is 0 Å². The van der Waals surface area contributed by atoms with Crippen molar-refractivity contribution < 1.29 is 10.0 Å². The summed E-state index contributed by atoms with van der Waals surface area (Å²) < 4.78 is 8.39. The highest BCUT2D eigenvalue weighted by Gasteiger charge is 2.27. The molecule has 4 aromatic heterocycles. The molecule has 20 rings (SSSR count). The Balaban J connectivity index is 0.000000122. The third kappa shape index (κ3) is 11.4. The molecule has 0 amide bonds. The van der Waals surface area contributed by atoms with Crippen LogP contribution in [0.4, 0.5) is 0 Å². The lowest BCUT2D eigenvalue weighted by molar-refractivity contribution is 0.426. The molecule has 4 heterocycles. The van der Waals surface area contributed by atoms with Gasteiger partial charge in [-0.15, -0.1) is 22.7 Å². The minimum absolute atomic E-state index is 0.490. The monoisotopic (exact) mass is 1430 g/mol. The van der Waals surface area contributed by atoms with Gasteiger partial charge in [0.2, 0.25) is 0 Å². The van der Waals surface area contributed by atoms with Gasteiger partial charge < -0.3 is 19.2 Å². The Hall–Kier alpha value is -12.0. The van der Waals surface area contributed by atoms with Gasteiger partial charge in [0.1, 0.15) is 0 Å². The van der Waals surface area contributed by atoms with Crippen molar-refractivity contribution in [1.29, 1.82) is 0 Å². The van der Waals surface area contributed by atoms with E-state index in [1.165, 1.54) is 155 Å². The van der Waals surface area contributed by atoms with E-state index in [-0.39, 0.29) is 0 Å². The summed E-state index contributed by atoms with van der Waals surface area (Å²) in [4.78, 5) is 1.28. The van der Waals surface area contributed by atoms with Crippen LogP contribution in [0.25, 0.3) is 174 Å². The molecule has 0 saturated carbocycles. The van der Waals surface area contributed by atoms with Crippen LogP contribution in [0.2, 0.25) is 0 Å². The summed E-state index contributed by atoms with van der Waals surface area (Å²) in [6, 6.07) is 133. The summed E-state index contributed by atoms with van der Waals surface area (Å²) in [5, 5.41) is 31.2. The second-order valence-electron chi connectivity index (χ2n) is 26.0. The molecule has 492 valence electrons. The fourth-order valence-corrected chi connectivity index (χ4v) is 19.0. The van der Waals surface area contributed by atoms with Crippen molar-refractivity contribution in [2.75, 3.05) is 0 Å². The van der Waals surface area contributed by atoms with Crippen molar-refractivity contribution in [1.82, 2.24) is 9.13 Å². The standard InChI is InChI=1S/C48H31NS.C30H19BrS.C18H14BNO2/c1-4-16-32(17-5-1)43-39-24-10-11-25-40(39)46-45(34-20-8-3-9-21-34)47(50-48(46)44(43)33-18-6-2-7-19-33)35-28-30-36(31-29-35)49-41-26-14-12-22-37(41)38-23-13-15-27-42(38)49;31-30-27(22-16-8-3-9-17-22)28-24-19-11-10-18-23(24)25(20-12-4-1-5-13-20)26(29(28)32-30)21-14-6-2-7-15-21;21-19(22)13-9-11-14(12-10-13)20-17-7-3-1-5-15(17)16-6-2-4-8-18(16)20/h1-31H;1-19H;1-12,21-22H. The third-order valence-electron chi connectivity index (χ3n) is 20.0. The maximum absolute atomic E-state index is 9.24. The number of hydrogen-bond acceptors (Lipinski definition) is 4. The molecule has 2 N–H and O–H groups in total. The molecule has 0 aliphatic rings. The molecule has 0 fully saturated rings. The number of nitrogens with zero attached hydrogens (tertiary/aromatic N) is 2. The van der Waals surface area contributed by atoms with Crippen molar-refractivity contribution in [3.63, 3.8) is 0 Å². The predicted molar refractivity (Wildman–Crippen MR) is 449 cm³/mol. The van der Waals surface area contributed by atoms with Crippen LogP contribution in [0.15, 0.2) is 380 Å². The molecule has 4 nitrogen and oxygen atoms in total. The van der Waals surface area contributed by atoms with Crippen molar-refractivity contribution in [3.8, 4) is 88.6 Å². The van der Waals surface area contributed by atoms with Gasteiger partial charge in [-0.05, 0) is 142 Å². The van der Waals surface area contributed by atoms with Gasteiger partial charge in [-0.25, -0.2) is 0 Å². The van der Waals surface area contributed by atoms with E-state index in [4.69, 9.17) is 0 Å². The quantitative estimate of drug-likeness (QED) is 0.134. The van der Waals surface area contributed by atoms with Crippen LogP contribution in [-0.4, -0.2) is 26.3 Å². The lowest BCUT2D eigenvalue weighted by Gasteiger charge is -2.17. The summed E-state index contributed by atoms with van der Waals surface area (Å²) in [6.07, 6.45) is 0. The molecule has 104 heavy (non-hydrogen) atoms. The summed E-state index contributed by atoms with van der Waals surface area (Å²) in [5.74, 6) is 0. The lowest BCUT2D eigenvalue weighted by atomic mass is 9.80. The maximum atomic E-state index is 9.24. The highest BCUT2D eigenvalue weighted by Crippen LogP contribution is 2.56. The molecule has 20 aromatic rings. The van der Waals surface area contributed by atoms with Gasteiger partial charge in [0, 0.05) is 80.2 Å². The fourth-order valence-electron chi connectivity index (χ4n) is 15.5. The average molecular weight is 1430 g/mol. The van der Waals surface area contributed by atoms with Crippen molar-refractivity contribution >= 4 is 137 Å². The lowest BCUT2D eigenvalue weighted by Crippen LogP contribution is -2.29. The molecular weight excluding hydrogens is 1370 g/mol. The fraction of sp³-hybridized carbons (Fsp3) is 0. The summed E-state index contributed by atoms with van der Waals surface area (Å²) in [6.45, 7) is 0. The van der Waals surface area contributed by atoms with Gasteiger partial charge in [0.15, 0.2) is 0 Å². The Bertz CT molecular complexity index is 6430. The van der Waals surface area contributed by atoms with E-state index in [2.05, 4.69) is 353 Å². The number of rotatable bonds is 10. The van der Waals surface area contributed by atoms with Crippen LogP contribution in [0, 0.1) is 0 Å². The van der Waals surface area contributed by atoms with Crippen LogP contribution >= 0.6 is 38.6 Å². The minimum Gasteiger partial charge on any atom is -0.423 e. The average Bonchev–Trinajstić information content (AvgIpc) is 1.42. The van der Waals surface area contributed by atoms with Gasteiger partial charge in [0.05, 0.1) is 25.9 Å². The van der Waals surface area contributed by atoms with Gasteiger partial charge in [-0.3, -0.25) is 0 Å². The van der Waals surface area contributed by atoms with E-state index >= 15 is 0 Å². The predicted octanol–water partition coefficient (Wildman–Crippen LogP) is 26.1. The van der Waals surface area contributed by atoms with Crippen LogP contribution in [0.5, 0.6) is 0 Å². The second-order valence-corrected chi connectivity index (χ2v) is 29.4. The van der Waals surface area contributed by atoms with Crippen LogP contribution in [0.1, 0.15) is 0 Å². The number of halogens is 1. The number of hydrogen-bond donors (Lipinski definition) is 2. The van der Waals surface area contributed by atoms with Gasteiger partial charge in [0.25, 0.3) is 0 Å². The molecule has 0 aliphatic carbocycles.